The van der Waals surface area contributed by atoms with Gasteiger partial charge in [-0.15, -0.1) is 0 Å². The quantitative estimate of drug-likeness (QED) is 0.340. The first kappa shape index (κ1) is 20.9. The SMILES string of the molecule is COc1ccc(C(O)=C2C(=O)C(=O)N(c3ccccn3)[C@H]2c2cccc(Cl)c2)cc1Cl. The molecule has 1 N–H and O–H groups in total. The predicted molar refractivity (Wildman–Crippen MR) is 118 cm³/mol. The molecule has 2 heterocycles. The van der Waals surface area contributed by atoms with Crippen LogP contribution in [0.1, 0.15) is 17.2 Å². The van der Waals surface area contributed by atoms with Crippen molar-refractivity contribution < 1.29 is 19.4 Å². The van der Waals surface area contributed by atoms with Crippen LogP contribution in [0.5, 0.6) is 5.75 Å². The number of aliphatic hydroxyl groups is 1. The summed E-state index contributed by atoms with van der Waals surface area (Å²) >= 11 is 12.4. The standard InChI is InChI=1S/C23H16Cl2N2O4/c1-31-17-9-8-14(12-16(17)25)21(28)19-20(13-5-4-6-15(24)11-13)27(23(30)22(19)29)18-7-2-3-10-26-18/h2-12,20,28H,1H3/t20-/m0/s1. The Bertz CT molecular complexity index is 1210. The van der Waals surface area contributed by atoms with E-state index in [1.807, 2.05) is 0 Å². The summed E-state index contributed by atoms with van der Waals surface area (Å²) in [5.41, 5.74) is 0.745. The Labute approximate surface area is 188 Å². The maximum absolute atomic E-state index is 13.1. The first-order valence-corrected chi connectivity index (χ1v) is 9.99. The third kappa shape index (κ3) is 3.76. The monoisotopic (exact) mass is 454 g/mol. The fraction of sp³-hybridized carbons (Fsp3) is 0.0870. The van der Waals surface area contributed by atoms with Gasteiger partial charge >= 0.3 is 5.91 Å². The number of Topliss-reactive ketones (excluding diaryl/α,β-unsaturated/α-hetero) is 1. The molecule has 0 bridgehead atoms. The second kappa shape index (κ2) is 8.41. The van der Waals surface area contributed by atoms with Crippen molar-refractivity contribution in [3.05, 3.63) is 93.6 Å². The number of nitrogens with zero attached hydrogens (tertiary/aromatic N) is 2. The third-order valence-electron chi connectivity index (χ3n) is 4.93. The first-order valence-electron chi connectivity index (χ1n) is 9.23. The average Bonchev–Trinajstić information content (AvgIpc) is 3.04. The van der Waals surface area contributed by atoms with E-state index in [4.69, 9.17) is 27.9 Å². The minimum absolute atomic E-state index is 0.0841. The van der Waals surface area contributed by atoms with E-state index < -0.39 is 17.7 Å². The van der Waals surface area contributed by atoms with Crippen LogP contribution >= 0.6 is 23.2 Å². The Balaban J connectivity index is 1.94. The normalized spacial score (nSPS) is 17.8. The number of hydrogen-bond donors (Lipinski definition) is 1. The van der Waals surface area contributed by atoms with E-state index >= 15 is 0 Å². The van der Waals surface area contributed by atoms with Crippen LogP contribution in [0.25, 0.3) is 5.76 Å². The smallest absolute Gasteiger partial charge is 0.301 e. The van der Waals surface area contributed by atoms with Gasteiger partial charge in [0.2, 0.25) is 0 Å². The molecule has 0 spiro atoms. The van der Waals surface area contributed by atoms with Crippen LogP contribution in [0.15, 0.2) is 72.4 Å². The van der Waals surface area contributed by atoms with E-state index in [1.54, 1.807) is 54.6 Å². The number of amides is 1. The number of hydrogen-bond acceptors (Lipinski definition) is 5. The number of benzene rings is 2. The van der Waals surface area contributed by atoms with E-state index in [0.29, 0.717) is 16.3 Å². The summed E-state index contributed by atoms with van der Waals surface area (Å²) in [5.74, 6) is -1.30. The molecule has 6 nitrogen and oxygen atoms in total. The van der Waals surface area contributed by atoms with Crippen molar-refractivity contribution in [3.63, 3.8) is 0 Å². The van der Waals surface area contributed by atoms with E-state index in [1.165, 1.54) is 24.3 Å². The van der Waals surface area contributed by atoms with Crippen LogP contribution in [0.4, 0.5) is 5.82 Å². The zero-order valence-corrected chi connectivity index (χ0v) is 17.8. The highest BCUT2D eigenvalue weighted by Crippen LogP contribution is 2.42. The number of aromatic nitrogens is 1. The molecule has 0 aliphatic carbocycles. The number of anilines is 1. The third-order valence-corrected chi connectivity index (χ3v) is 5.46. The Morgan fingerprint density at radius 3 is 2.52 bits per heavy atom. The Morgan fingerprint density at radius 2 is 1.87 bits per heavy atom. The molecule has 3 aromatic rings. The lowest BCUT2D eigenvalue weighted by Gasteiger charge is -2.24. The van der Waals surface area contributed by atoms with Crippen molar-refractivity contribution in [3.8, 4) is 5.75 Å². The summed E-state index contributed by atoms with van der Waals surface area (Å²) in [6.45, 7) is 0. The number of halogens is 2. The number of methoxy groups -OCH3 is 1. The van der Waals surface area contributed by atoms with Crippen LogP contribution in [-0.2, 0) is 9.59 Å². The molecule has 1 saturated heterocycles. The van der Waals surface area contributed by atoms with Gasteiger partial charge < -0.3 is 9.84 Å². The van der Waals surface area contributed by atoms with Crippen LogP contribution in [0, 0.1) is 0 Å². The van der Waals surface area contributed by atoms with Gasteiger partial charge in [-0.2, -0.15) is 0 Å². The molecule has 1 aliphatic heterocycles. The molecule has 8 heteroatoms. The molecule has 156 valence electrons. The highest BCUT2D eigenvalue weighted by Gasteiger charge is 2.47. The molecule has 4 rings (SSSR count). The van der Waals surface area contributed by atoms with Crippen LogP contribution in [-0.4, -0.2) is 28.9 Å². The predicted octanol–water partition coefficient (Wildman–Crippen LogP) is 5.02. The van der Waals surface area contributed by atoms with Gasteiger partial charge in [-0.3, -0.25) is 14.5 Å². The minimum Gasteiger partial charge on any atom is -0.507 e. The Kier molecular flexibility index (Phi) is 5.67. The zero-order chi connectivity index (χ0) is 22.1. The van der Waals surface area contributed by atoms with Gasteiger partial charge in [-0.25, -0.2) is 4.98 Å². The number of carbonyl (C=O) groups excluding carboxylic acids is 2. The molecule has 0 saturated carbocycles. The van der Waals surface area contributed by atoms with Gasteiger partial charge in [0, 0.05) is 16.8 Å². The number of ketones is 1. The summed E-state index contributed by atoms with van der Waals surface area (Å²) in [7, 11) is 1.47. The lowest BCUT2D eigenvalue weighted by molar-refractivity contribution is -0.132. The maximum Gasteiger partial charge on any atom is 0.301 e. The summed E-state index contributed by atoms with van der Waals surface area (Å²) < 4.78 is 5.14. The van der Waals surface area contributed by atoms with Gasteiger partial charge in [-0.1, -0.05) is 41.4 Å². The molecular formula is C23H16Cl2N2O4. The van der Waals surface area contributed by atoms with Crippen molar-refractivity contribution >= 4 is 46.5 Å². The highest BCUT2D eigenvalue weighted by atomic mass is 35.5. The molecule has 1 atom stereocenters. The van der Waals surface area contributed by atoms with Crippen LogP contribution in [0.3, 0.4) is 0 Å². The van der Waals surface area contributed by atoms with Gasteiger partial charge in [0.1, 0.15) is 17.3 Å². The lowest BCUT2D eigenvalue weighted by Crippen LogP contribution is -2.30. The van der Waals surface area contributed by atoms with E-state index in [9.17, 15) is 14.7 Å². The molecule has 1 amide bonds. The Hall–Kier alpha value is -3.35. The molecule has 2 aromatic carbocycles. The van der Waals surface area contributed by atoms with Crippen molar-refractivity contribution in [2.24, 2.45) is 0 Å². The van der Waals surface area contributed by atoms with Crippen molar-refractivity contribution in [2.45, 2.75) is 6.04 Å². The van der Waals surface area contributed by atoms with Gasteiger partial charge in [0.05, 0.1) is 23.7 Å². The summed E-state index contributed by atoms with van der Waals surface area (Å²) in [6.07, 6.45) is 1.52. The summed E-state index contributed by atoms with van der Waals surface area (Å²) in [6, 6.07) is 15.5. The minimum atomic E-state index is -0.922. The number of aliphatic hydroxyl groups excluding tert-OH is 1. The van der Waals surface area contributed by atoms with Gasteiger partial charge in [0.15, 0.2) is 0 Å². The zero-order valence-electron chi connectivity index (χ0n) is 16.3. The highest BCUT2D eigenvalue weighted by molar-refractivity contribution is 6.51. The van der Waals surface area contributed by atoms with E-state index in [-0.39, 0.29) is 27.7 Å². The molecule has 0 radical (unpaired) electrons. The molecule has 1 fully saturated rings. The van der Waals surface area contributed by atoms with E-state index in [0.717, 1.165) is 0 Å². The summed E-state index contributed by atoms with van der Waals surface area (Å²) in [5, 5.41) is 11.8. The number of ether oxygens (including phenoxy) is 1. The van der Waals surface area contributed by atoms with Gasteiger partial charge in [-0.05, 0) is 48.0 Å². The second-order valence-corrected chi connectivity index (χ2v) is 7.61. The van der Waals surface area contributed by atoms with Crippen molar-refractivity contribution in [1.29, 1.82) is 0 Å². The maximum atomic E-state index is 13.1. The topological polar surface area (TPSA) is 79.7 Å². The number of pyridine rings is 1. The molecule has 1 aromatic heterocycles. The van der Waals surface area contributed by atoms with Crippen LogP contribution < -0.4 is 9.64 Å². The Morgan fingerprint density at radius 1 is 1.06 bits per heavy atom. The molecule has 0 unspecified atom stereocenters. The van der Waals surface area contributed by atoms with Crippen molar-refractivity contribution in [1.82, 2.24) is 4.98 Å². The lowest BCUT2D eigenvalue weighted by atomic mass is 9.95. The fourth-order valence-electron chi connectivity index (χ4n) is 3.53. The molecule has 31 heavy (non-hydrogen) atoms. The van der Waals surface area contributed by atoms with E-state index in [2.05, 4.69) is 4.98 Å². The van der Waals surface area contributed by atoms with Gasteiger partial charge in [0.25, 0.3) is 5.78 Å². The first-order chi connectivity index (χ1) is 14.9. The summed E-state index contributed by atoms with van der Waals surface area (Å²) in [4.78, 5) is 31.5. The molecular weight excluding hydrogens is 439 g/mol. The fourth-order valence-corrected chi connectivity index (χ4v) is 3.98. The van der Waals surface area contributed by atoms with Crippen molar-refractivity contribution in [2.75, 3.05) is 12.0 Å². The average molecular weight is 455 g/mol. The number of carbonyl (C=O) groups is 2. The van der Waals surface area contributed by atoms with Crippen LogP contribution in [0.2, 0.25) is 10.0 Å². The second-order valence-electron chi connectivity index (χ2n) is 6.76. The largest absolute Gasteiger partial charge is 0.507 e. The molecule has 1 aliphatic rings. The number of rotatable bonds is 4.